The molecule has 0 amide bonds. The van der Waals surface area contributed by atoms with Crippen LogP contribution in [-0.4, -0.2) is 5.78 Å². The Labute approximate surface area is 123 Å². The molecule has 1 aromatic carbocycles. The molecule has 1 nitrogen and oxygen atoms in total. The van der Waals surface area contributed by atoms with Gasteiger partial charge in [-0.25, -0.2) is 0 Å². The fourth-order valence-electron chi connectivity index (χ4n) is 3.37. The molecule has 20 heavy (non-hydrogen) atoms. The van der Waals surface area contributed by atoms with Gasteiger partial charge < -0.3 is 0 Å². The average Bonchev–Trinajstić information content (AvgIpc) is 2.48. The molecule has 110 valence electrons. The Morgan fingerprint density at radius 2 is 1.70 bits per heavy atom. The molecule has 2 rings (SSSR count). The molecule has 1 fully saturated rings. The van der Waals surface area contributed by atoms with Gasteiger partial charge in [0, 0.05) is 5.92 Å². The molecule has 1 saturated carbocycles. The van der Waals surface area contributed by atoms with Gasteiger partial charge in [0.2, 0.25) is 0 Å². The largest absolute Gasteiger partial charge is 0.300 e. The van der Waals surface area contributed by atoms with Crippen LogP contribution in [0.4, 0.5) is 0 Å². The van der Waals surface area contributed by atoms with Crippen LogP contribution >= 0.6 is 0 Å². The first-order valence-electron chi connectivity index (χ1n) is 8.30. The van der Waals surface area contributed by atoms with Crippen LogP contribution in [0.5, 0.6) is 0 Å². The van der Waals surface area contributed by atoms with Gasteiger partial charge in [-0.2, -0.15) is 0 Å². The number of aryl methyl sites for hydroxylation is 1. The summed E-state index contributed by atoms with van der Waals surface area (Å²) in [7, 11) is 0. The van der Waals surface area contributed by atoms with Gasteiger partial charge in [0.15, 0.2) is 0 Å². The summed E-state index contributed by atoms with van der Waals surface area (Å²) in [5.74, 6) is 1.39. The molecule has 0 aliphatic heterocycles. The highest BCUT2D eigenvalue weighted by Crippen LogP contribution is 2.36. The van der Waals surface area contributed by atoms with Gasteiger partial charge >= 0.3 is 0 Å². The molecule has 1 heteroatoms. The van der Waals surface area contributed by atoms with Crippen LogP contribution in [0.3, 0.4) is 0 Å². The second-order valence-electron chi connectivity index (χ2n) is 6.36. The molecule has 1 aliphatic carbocycles. The third-order valence-electron chi connectivity index (χ3n) is 4.82. The monoisotopic (exact) mass is 272 g/mol. The highest BCUT2D eigenvalue weighted by Gasteiger charge is 2.24. The Bertz CT molecular complexity index is 410. The lowest BCUT2D eigenvalue weighted by Gasteiger charge is -2.27. The zero-order chi connectivity index (χ0) is 14.4. The molecule has 0 N–H and O–H groups in total. The Balaban J connectivity index is 1.86. The SMILES string of the molecule is CCCCCc1ccc(C2CCC(C(C)=O)CC2)cc1. The molecule has 0 aromatic heterocycles. The predicted molar refractivity (Wildman–Crippen MR) is 85.1 cm³/mol. The van der Waals surface area contributed by atoms with E-state index < -0.39 is 0 Å². The van der Waals surface area contributed by atoms with E-state index in [1.165, 1.54) is 49.7 Å². The van der Waals surface area contributed by atoms with E-state index in [9.17, 15) is 4.79 Å². The number of carbonyl (C=O) groups excluding carboxylic acids is 1. The summed E-state index contributed by atoms with van der Waals surface area (Å²) in [5.41, 5.74) is 2.95. The van der Waals surface area contributed by atoms with E-state index in [2.05, 4.69) is 31.2 Å². The Hall–Kier alpha value is -1.11. The summed E-state index contributed by atoms with van der Waals surface area (Å²) < 4.78 is 0. The van der Waals surface area contributed by atoms with Crippen molar-refractivity contribution in [1.29, 1.82) is 0 Å². The number of Topliss-reactive ketones (excluding diaryl/α,β-unsaturated/α-hetero) is 1. The van der Waals surface area contributed by atoms with Crippen molar-refractivity contribution in [2.24, 2.45) is 5.92 Å². The zero-order valence-electron chi connectivity index (χ0n) is 13.0. The van der Waals surface area contributed by atoms with Crippen LogP contribution in [0.25, 0.3) is 0 Å². The summed E-state index contributed by atoms with van der Waals surface area (Å²) in [6, 6.07) is 9.25. The standard InChI is InChI=1S/C19H28O/c1-3-4-5-6-16-7-9-18(10-8-16)19-13-11-17(12-14-19)15(2)20/h7-10,17,19H,3-6,11-14H2,1-2H3. The quantitative estimate of drug-likeness (QED) is 0.644. The molecule has 1 aromatic rings. The molecule has 0 atom stereocenters. The van der Waals surface area contributed by atoms with Crippen LogP contribution in [0.1, 0.15) is 75.8 Å². The van der Waals surface area contributed by atoms with E-state index in [0.717, 1.165) is 12.8 Å². The Kier molecular flexibility index (Phi) is 5.82. The average molecular weight is 272 g/mol. The van der Waals surface area contributed by atoms with Gasteiger partial charge in [0.25, 0.3) is 0 Å². The maximum atomic E-state index is 11.4. The predicted octanol–water partition coefficient (Wildman–Crippen LogP) is 5.28. The number of hydrogen-bond donors (Lipinski definition) is 0. The van der Waals surface area contributed by atoms with E-state index in [1.54, 1.807) is 6.92 Å². The van der Waals surface area contributed by atoms with Crippen LogP contribution in [-0.2, 0) is 11.2 Å². The van der Waals surface area contributed by atoms with E-state index in [4.69, 9.17) is 0 Å². The van der Waals surface area contributed by atoms with Crippen molar-refractivity contribution in [3.63, 3.8) is 0 Å². The Morgan fingerprint density at radius 1 is 1.05 bits per heavy atom. The molecule has 0 heterocycles. The number of hydrogen-bond acceptors (Lipinski definition) is 1. The van der Waals surface area contributed by atoms with Crippen molar-refractivity contribution in [3.8, 4) is 0 Å². The maximum absolute atomic E-state index is 11.4. The van der Waals surface area contributed by atoms with Crippen molar-refractivity contribution in [3.05, 3.63) is 35.4 Å². The fourth-order valence-corrected chi connectivity index (χ4v) is 3.37. The van der Waals surface area contributed by atoms with Gasteiger partial charge in [0.1, 0.15) is 5.78 Å². The molecular formula is C19H28O. The van der Waals surface area contributed by atoms with Gasteiger partial charge in [-0.15, -0.1) is 0 Å². The topological polar surface area (TPSA) is 17.1 Å². The number of unbranched alkanes of at least 4 members (excludes halogenated alkanes) is 2. The number of rotatable bonds is 6. The number of carbonyl (C=O) groups is 1. The van der Waals surface area contributed by atoms with Crippen LogP contribution in [0.15, 0.2) is 24.3 Å². The molecule has 0 radical (unpaired) electrons. The summed E-state index contributed by atoms with van der Waals surface area (Å²) in [4.78, 5) is 11.4. The van der Waals surface area contributed by atoms with Crippen molar-refractivity contribution >= 4 is 5.78 Å². The lowest BCUT2D eigenvalue weighted by Crippen LogP contribution is -2.18. The number of ketones is 1. The van der Waals surface area contributed by atoms with Gasteiger partial charge in [-0.05, 0) is 62.5 Å². The van der Waals surface area contributed by atoms with Crippen LogP contribution < -0.4 is 0 Å². The highest BCUT2D eigenvalue weighted by molar-refractivity contribution is 5.78. The summed E-state index contributed by atoms with van der Waals surface area (Å²) >= 11 is 0. The normalized spacial score (nSPS) is 22.7. The minimum atomic E-state index is 0.333. The third kappa shape index (κ3) is 4.19. The summed E-state index contributed by atoms with van der Waals surface area (Å²) in [6.45, 7) is 4.00. The first-order valence-corrected chi connectivity index (χ1v) is 8.30. The second kappa shape index (κ2) is 7.61. The zero-order valence-corrected chi connectivity index (χ0v) is 13.0. The summed E-state index contributed by atoms with van der Waals surface area (Å²) in [5, 5.41) is 0. The fraction of sp³-hybridized carbons (Fsp3) is 0.632. The minimum absolute atomic E-state index is 0.333. The van der Waals surface area contributed by atoms with E-state index in [-0.39, 0.29) is 0 Å². The Morgan fingerprint density at radius 3 is 2.25 bits per heavy atom. The van der Waals surface area contributed by atoms with Crippen LogP contribution in [0.2, 0.25) is 0 Å². The molecule has 0 unspecified atom stereocenters. The molecular weight excluding hydrogens is 244 g/mol. The van der Waals surface area contributed by atoms with Crippen molar-refractivity contribution in [2.75, 3.05) is 0 Å². The summed E-state index contributed by atoms with van der Waals surface area (Å²) in [6.07, 6.45) is 9.66. The first-order chi connectivity index (χ1) is 9.70. The molecule has 0 saturated heterocycles. The second-order valence-corrected chi connectivity index (χ2v) is 6.36. The third-order valence-corrected chi connectivity index (χ3v) is 4.82. The highest BCUT2D eigenvalue weighted by atomic mass is 16.1. The molecule has 0 bridgehead atoms. The maximum Gasteiger partial charge on any atom is 0.132 e. The lowest BCUT2D eigenvalue weighted by atomic mass is 9.77. The first kappa shape index (κ1) is 15.3. The lowest BCUT2D eigenvalue weighted by molar-refractivity contribution is -0.121. The van der Waals surface area contributed by atoms with E-state index >= 15 is 0 Å². The minimum Gasteiger partial charge on any atom is -0.300 e. The molecule has 0 spiro atoms. The van der Waals surface area contributed by atoms with Gasteiger partial charge in [-0.1, -0.05) is 44.0 Å². The van der Waals surface area contributed by atoms with E-state index in [1.807, 2.05) is 0 Å². The van der Waals surface area contributed by atoms with Gasteiger partial charge in [0.05, 0.1) is 0 Å². The van der Waals surface area contributed by atoms with Gasteiger partial charge in [-0.3, -0.25) is 4.79 Å². The van der Waals surface area contributed by atoms with Crippen molar-refractivity contribution in [2.45, 2.75) is 71.1 Å². The van der Waals surface area contributed by atoms with Crippen LogP contribution in [0, 0.1) is 5.92 Å². The number of benzene rings is 1. The van der Waals surface area contributed by atoms with Crippen molar-refractivity contribution in [1.82, 2.24) is 0 Å². The van der Waals surface area contributed by atoms with E-state index in [0.29, 0.717) is 17.6 Å². The molecule has 1 aliphatic rings. The smallest absolute Gasteiger partial charge is 0.132 e. The van der Waals surface area contributed by atoms with Crippen molar-refractivity contribution < 1.29 is 4.79 Å².